The molecule has 0 aliphatic heterocycles. The number of rotatable bonds is 4. The summed E-state index contributed by atoms with van der Waals surface area (Å²) in [6, 6.07) is 7.30. The van der Waals surface area contributed by atoms with E-state index in [1.807, 2.05) is 25.1 Å². The maximum atomic E-state index is 12.2. The largest absolute Gasteiger partial charge is 0.496 e. The van der Waals surface area contributed by atoms with Crippen molar-refractivity contribution < 1.29 is 9.53 Å². The molecule has 0 aliphatic rings. The molecular weight excluding hydrogens is 228 g/mol. The van der Waals surface area contributed by atoms with E-state index in [0.29, 0.717) is 17.0 Å². The lowest BCUT2D eigenvalue weighted by Gasteiger charge is -2.08. The van der Waals surface area contributed by atoms with Crippen molar-refractivity contribution in [1.29, 1.82) is 0 Å². The van der Waals surface area contributed by atoms with Gasteiger partial charge in [-0.25, -0.2) is 9.97 Å². The minimum atomic E-state index is -0.00532. The number of carbonyl (C=O) groups is 1. The molecule has 1 aromatic carbocycles. The Hall–Kier alpha value is -2.23. The van der Waals surface area contributed by atoms with Crippen LogP contribution in [0.4, 0.5) is 0 Å². The third-order valence-corrected chi connectivity index (χ3v) is 2.64. The van der Waals surface area contributed by atoms with Gasteiger partial charge in [0, 0.05) is 6.20 Å². The summed E-state index contributed by atoms with van der Waals surface area (Å²) < 4.78 is 5.21. The minimum Gasteiger partial charge on any atom is -0.496 e. The smallest absolute Gasteiger partial charge is 0.172 e. The number of aryl methyl sites for hydroxylation is 1. The van der Waals surface area contributed by atoms with Crippen LogP contribution in [0.1, 0.15) is 21.6 Å². The van der Waals surface area contributed by atoms with Crippen LogP contribution >= 0.6 is 0 Å². The molecule has 1 aromatic heterocycles. The fraction of sp³-hybridized carbons (Fsp3) is 0.214. The quantitative estimate of drug-likeness (QED) is 0.771. The molecule has 0 unspecified atom stereocenters. The zero-order valence-corrected chi connectivity index (χ0v) is 10.4. The average Bonchev–Trinajstić information content (AvgIpc) is 2.40. The lowest BCUT2D eigenvalue weighted by Crippen LogP contribution is -2.07. The van der Waals surface area contributed by atoms with E-state index in [9.17, 15) is 4.79 Å². The lowest BCUT2D eigenvalue weighted by molar-refractivity contribution is 0.0989. The summed E-state index contributed by atoms with van der Waals surface area (Å²) in [6.07, 6.45) is 3.32. The van der Waals surface area contributed by atoms with Crippen LogP contribution in [0, 0.1) is 6.92 Å². The SMILES string of the molecule is COc1ccc(C)cc1C(=O)Cc1ccncn1. The molecule has 0 saturated heterocycles. The number of Topliss-reactive ketones (excluding diaryl/α,β-unsaturated/α-hetero) is 1. The number of nitrogens with zero attached hydrogens (tertiary/aromatic N) is 2. The number of benzene rings is 1. The maximum Gasteiger partial charge on any atom is 0.172 e. The standard InChI is InChI=1S/C14H14N2O2/c1-10-3-4-14(18-2)12(7-10)13(17)8-11-5-6-15-9-16-11/h3-7,9H,8H2,1-2H3. The summed E-state index contributed by atoms with van der Waals surface area (Å²) in [6.45, 7) is 1.95. The maximum absolute atomic E-state index is 12.2. The highest BCUT2D eigenvalue weighted by molar-refractivity contribution is 5.99. The Kier molecular flexibility index (Phi) is 3.67. The van der Waals surface area contributed by atoms with Crippen molar-refractivity contribution in [1.82, 2.24) is 9.97 Å². The number of carbonyl (C=O) groups excluding carboxylic acids is 1. The average molecular weight is 242 g/mol. The normalized spacial score (nSPS) is 10.1. The molecule has 2 rings (SSSR count). The van der Waals surface area contributed by atoms with Gasteiger partial charge in [0.1, 0.15) is 12.1 Å². The van der Waals surface area contributed by atoms with Gasteiger partial charge in [-0.15, -0.1) is 0 Å². The molecule has 92 valence electrons. The van der Waals surface area contributed by atoms with Crippen molar-refractivity contribution in [2.45, 2.75) is 13.3 Å². The fourth-order valence-corrected chi connectivity index (χ4v) is 1.72. The molecule has 2 aromatic rings. The van der Waals surface area contributed by atoms with Crippen LogP contribution in [0.3, 0.4) is 0 Å². The van der Waals surface area contributed by atoms with E-state index in [0.717, 1.165) is 5.56 Å². The Morgan fingerprint density at radius 3 is 2.83 bits per heavy atom. The molecule has 0 fully saturated rings. The fourth-order valence-electron chi connectivity index (χ4n) is 1.72. The monoisotopic (exact) mass is 242 g/mol. The van der Waals surface area contributed by atoms with E-state index in [4.69, 9.17) is 4.74 Å². The van der Waals surface area contributed by atoms with Crippen LogP contribution in [0.5, 0.6) is 5.75 Å². The Morgan fingerprint density at radius 1 is 1.33 bits per heavy atom. The van der Waals surface area contributed by atoms with Gasteiger partial charge in [-0.2, -0.15) is 0 Å². The van der Waals surface area contributed by atoms with E-state index >= 15 is 0 Å². The van der Waals surface area contributed by atoms with Gasteiger partial charge < -0.3 is 4.74 Å². The van der Waals surface area contributed by atoms with E-state index in [-0.39, 0.29) is 12.2 Å². The Labute approximate surface area is 106 Å². The van der Waals surface area contributed by atoms with Crippen molar-refractivity contribution in [3.05, 3.63) is 53.6 Å². The third-order valence-electron chi connectivity index (χ3n) is 2.64. The first-order valence-corrected chi connectivity index (χ1v) is 5.63. The molecule has 0 atom stereocenters. The molecule has 0 bridgehead atoms. The molecular formula is C14H14N2O2. The summed E-state index contributed by atoms with van der Waals surface area (Å²) in [7, 11) is 1.56. The van der Waals surface area contributed by atoms with Crippen LogP contribution in [0.25, 0.3) is 0 Å². The van der Waals surface area contributed by atoms with Crippen LogP contribution in [0.15, 0.2) is 36.8 Å². The van der Waals surface area contributed by atoms with E-state index in [1.165, 1.54) is 6.33 Å². The topological polar surface area (TPSA) is 52.1 Å². The van der Waals surface area contributed by atoms with Crippen LogP contribution < -0.4 is 4.74 Å². The predicted octanol–water partition coefficient (Wildman–Crippen LogP) is 2.22. The van der Waals surface area contributed by atoms with Gasteiger partial charge in [-0.1, -0.05) is 11.6 Å². The summed E-state index contributed by atoms with van der Waals surface area (Å²) >= 11 is 0. The highest BCUT2D eigenvalue weighted by atomic mass is 16.5. The second-order valence-corrected chi connectivity index (χ2v) is 4.00. The van der Waals surface area contributed by atoms with E-state index < -0.39 is 0 Å². The Morgan fingerprint density at radius 2 is 2.17 bits per heavy atom. The number of hydrogen-bond donors (Lipinski definition) is 0. The van der Waals surface area contributed by atoms with Gasteiger partial charge in [0.25, 0.3) is 0 Å². The number of hydrogen-bond acceptors (Lipinski definition) is 4. The summed E-state index contributed by atoms with van der Waals surface area (Å²) in [5.41, 5.74) is 2.33. The zero-order chi connectivity index (χ0) is 13.0. The van der Waals surface area contributed by atoms with E-state index in [1.54, 1.807) is 19.4 Å². The van der Waals surface area contributed by atoms with Crippen LogP contribution in [-0.2, 0) is 6.42 Å². The molecule has 0 radical (unpaired) electrons. The Balaban J connectivity index is 2.26. The molecule has 0 N–H and O–H groups in total. The molecule has 0 spiro atoms. The molecule has 18 heavy (non-hydrogen) atoms. The highest BCUT2D eigenvalue weighted by Crippen LogP contribution is 2.21. The van der Waals surface area contributed by atoms with Gasteiger partial charge in [0.15, 0.2) is 5.78 Å². The van der Waals surface area contributed by atoms with Crippen molar-refractivity contribution in [3.8, 4) is 5.75 Å². The molecule has 1 heterocycles. The van der Waals surface area contributed by atoms with Gasteiger partial charge >= 0.3 is 0 Å². The second-order valence-electron chi connectivity index (χ2n) is 4.00. The van der Waals surface area contributed by atoms with Crippen molar-refractivity contribution in [2.24, 2.45) is 0 Å². The van der Waals surface area contributed by atoms with E-state index in [2.05, 4.69) is 9.97 Å². The van der Waals surface area contributed by atoms with Crippen LogP contribution in [-0.4, -0.2) is 22.9 Å². The number of methoxy groups -OCH3 is 1. The molecule has 0 saturated carbocycles. The highest BCUT2D eigenvalue weighted by Gasteiger charge is 2.13. The number of ketones is 1. The van der Waals surface area contributed by atoms with Gasteiger partial charge in [-0.3, -0.25) is 4.79 Å². The first-order valence-electron chi connectivity index (χ1n) is 5.63. The molecule has 4 nitrogen and oxygen atoms in total. The van der Waals surface area contributed by atoms with Crippen LogP contribution in [0.2, 0.25) is 0 Å². The third kappa shape index (κ3) is 2.71. The van der Waals surface area contributed by atoms with Gasteiger partial charge in [-0.05, 0) is 25.1 Å². The first-order chi connectivity index (χ1) is 8.70. The number of aromatic nitrogens is 2. The lowest BCUT2D eigenvalue weighted by atomic mass is 10.0. The summed E-state index contributed by atoms with van der Waals surface area (Å²) in [4.78, 5) is 20.1. The van der Waals surface area contributed by atoms with Gasteiger partial charge in [0.05, 0.1) is 24.8 Å². The second kappa shape index (κ2) is 5.40. The molecule has 0 aliphatic carbocycles. The minimum absolute atomic E-state index is 0.00532. The zero-order valence-electron chi connectivity index (χ0n) is 10.4. The summed E-state index contributed by atoms with van der Waals surface area (Å²) in [5.74, 6) is 0.592. The number of ether oxygens (including phenoxy) is 1. The van der Waals surface area contributed by atoms with Crippen molar-refractivity contribution in [3.63, 3.8) is 0 Å². The van der Waals surface area contributed by atoms with Crippen molar-refractivity contribution in [2.75, 3.05) is 7.11 Å². The summed E-state index contributed by atoms with van der Waals surface area (Å²) in [5, 5.41) is 0. The Bertz CT molecular complexity index is 553. The van der Waals surface area contributed by atoms with Crippen molar-refractivity contribution >= 4 is 5.78 Å². The van der Waals surface area contributed by atoms with Gasteiger partial charge in [0.2, 0.25) is 0 Å². The molecule has 4 heteroatoms. The predicted molar refractivity (Wildman–Crippen MR) is 67.8 cm³/mol. The molecule has 0 amide bonds. The first kappa shape index (κ1) is 12.2.